The van der Waals surface area contributed by atoms with Gasteiger partial charge in [0.2, 0.25) is 0 Å². The molecule has 0 fully saturated rings. The zero-order valence-electron chi connectivity index (χ0n) is 12.3. The van der Waals surface area contributed by atoms with Crippen LogP contribution in [0.2, 0.25) is 5.02 Å². The van der Waals surface area contributed by atoms with Crippen molar-refractivity contribution in [2.24, 2.45) is 0 Å². The summed E-state index contributed by atoms with van der Waals surface area (Å²) in [5, 5.41) is 7.06. The molecule has 1 unspecified atom stereocenters. The number of aromatic amines is 1. The van der Waals surface area contributed by atoms with Crippen molar-refractivity contribution < 1.29 is 9.13 Å². The molecule has 0 radical (unpaired) electrons. The monoisotopic (exact) mass is 332 g/mol. The van der Waals surface area contributed by atoms with Gasteiger partial charge in [-0.05, 0) is 31.2 Å². The van der Waals surface area contributed by atoms with Gasteiger partial charge in [0.05, 0.1) is 6.20 Å². The smallest absolute Gasteiger partial charge is 0.166 e. The second-order valence-electron chi connectivity index (χ2n) is 5.02. The normalized spacial score (nSPS) is 12.1. The SMILES string of the molecule is CC(Oc1cc(-c2cn[nH]c2)cnc1N)c1cc(F)ccc1Cl. The van der Waals surface area contributed by atoms with E-state index in [1.807, 2.05) is 0 Å². The Morgan fingerprint density at radius 3 is 2.83 bits per heavy atom. The molecule has 0 aliphatic heterocycles. The molecular formula is C16H14ClFN4O. The first-order valence-electron chi connectivity index (χ1n) is 6.91. The van der Waals surface area contributed by atoms with E-state index in [4.69, 9.17) is 22.1 Å². The van der Waals surface area contributed by atoms with Crippen LogP contribution in [0.1, 0.15) is 18.6 Å². The second kappa shape index (κ2) is 6.26. The molecule has 3 N–H and O–H groups in total. The molecule has 0 aliphatic carbocycles. The number of benzene rings is 1. The van der Waals surface area contributed by atoms with E-state index in [-0.39, 0.29) is 11.6 Å². The lowest BCUT2D eigenvalue weighted by Gasteiger charge is -2.18. The maximum absolute atomic E-state index is 13.4. The highest BCUT2D eigenvalue weighted by Crippen LogP contribution is 2.32. The maximum Gasteiger partial charge on any atom is 0.166 e. The van der Waals surface area contributed by atoms with Gasteiger partial charge in [-0.2, -0.15) is 5.10 Å². The molecule has 2 heterocycles. The van der Waals surface area contributed by atoms with Crippen molar-refractivity contribution >= 4 is 17.4 Å². The molecule has 0 saturated heterocycles. The second-order valence-corrected chi connectivity index (χ2v) is 5.43. The third-order valence-corrected chi connectivity index (χ3v) is 3.76. The van der Waals surface area contributed by atoms with Crippen LogP contribution in [-0.4, -0.2) is 15.2 Å². The van der Waals surface area contributed by atoms with Crippen molar-refractivity contribution in [3.05, 3.63) is 59.3 Å². The van der Waals surface area contributed by atoms with E-state index in [2.05, 4.69) is 15.2 Å². The van der Waals surface area contributed by atoms with Crippen LogP contribution < -0.4 is 10.5 Å². The van der Waals surface area contributed by atoms with Crippen LogP contribution in [-0.2, 0) is 0 Å². The largest absolute Gasteiger partial charge is 0.482 e. The zero-order valence-corrected chi connectivity index (χ0v) is 13.0. The van der Waals surface area contributed by atoms with E-state index < -0.39 is 6.10 Å². The van der Waals surface area contributed by atoms with Gasteiger partial charge in [-0.25, -0.2) is 9.37 Å². The van der Waals surface area contributed by atoms with Crippen molar-refractivity contribution in [1.82, 2.24) is 15.2 Å². The molecule has 0 aliphatic rings. The third-order valence-electron chi connectivity index (χ3n) is 3.41. The molecule has 3 rings (SSSR count). The lowest BCUT2D eigenvalue weighted by Crippen LogP contribution is -2.07. The standard InChI is InChI=1S/C16H14ClFN4O/c1-9(13-5-12(18)2-3-14(13)17)23-15-4-10(6-20-16(15)19)11-7-21-22-8-11/h2-9H,1H3,(H2,19,20)(H,21,22). The lowest BCUT2D eigenvalue weighted by molar-refractivity contribution is 0.227. The minimum Gasteiger partial charge on any atom is -0.482 e. The van der Waals surface area contributed by atoms with Crippen LogP contribution in [0.25, 0.3) is 11.1 Å². The molecule has 0 saturated carbocycles. The average Bonchev–Trinajstić information content (AvgIpc) is 3.06. The molecule has 1 aromatic carbocycles. The lowest BCUT2D eigenvalue weighted by atomic mass is 10.1. The van der Waals surface area contributed by atoms with Gasteiger partial charge in [0.1, 0.15) is 11.9 Å². The Kier molecular flexibility index (Phi) is 4.16. The van der Waals surface area contributed by atoms with Crippen molar-refractivity contribution in [1.29, 1.82) is 0 Å². The first-order chi connectivity index (χ1) is 11.0. The highest BCUT2D eigenvalue weighted by atomic mass is 35.5. The molecule has 23 heavy (non-hydrogen) atoms. The molecule has 1 atom stereocenters. The maximum atomic E-state index is 13.4. The van der Waals surface area contributed by atoms with Gasteiger partial charge >= 0.3 is 0 Å². The number of pyridine rings is 1. The summed E-state index contributed by atoms with van der Waals surface area (Å²) in [5.74, 6) is 0.270. The quantitative estimate of drug-likeness (QED) is 0.757. The van der Waals surface area contributed by atoms with Gasteiger partial charge in [-0.1, -0.05) is 11.6 Å². The summed E-state index contributed by atoms with van der Waals surface area (Å²) in [6.07, 6.45) is 4.56. The summed E-state index contributed by atoms with van der Waals surface area (Å²) in [4.78, 5) is 4.13. The number of nitrogen functional groups attached to an aromatic ring is 1. The first kappa shape index (κ1) is 15.3. The zero-order chi connectivity index (χ0) is 16.4. The van der Waals surface area contributed by atoms with Gasteiger partial charge in [-0.3, -0.25) is 5.10 Å². The van der Waals surface area contributed by atoms with Crippen LogP contribution in [0.3, 0.4) is 0 Å². The number of H-pyrrole nitrogens is 1. The Balaban J connectivity index is 1.90. The third kappa shape index (κ3) is 3.27. The Morgan fingerprint density at radius 1 is 1.26 bits per heavy atom. The number of nitrogens with one attached hydrogen (secondary N) is 1. The number of hydrogen-bond acceptors (Lipinski definition) is 4. The fourth-order valence-electron chi connectivity index (χ4n) is 2.20. The number of ether oxygens (including phenoxy) is 1. The summed E-state index contributed by atoms with van der Waals surface area (Å²) >= 11 is 6.10. The van der Waals surface area contributed by atoms with Gasteiger partial charge in [-0.15, -0.1) is 0 Å². The van der Waals surface area contributed by atoms with Crippen molar-refractivity contribution in [3.63, 3.8) is 0 Å². The number of anilines is 1. The Labute approximate surface area is 137 Å². The predicted octanol–water partition coefficient (Wildman–Crippen LogP) is 3.99. The summed E-state index contributed by atoms with van der Waals surface area (Å²) in [7, 11) is 0. The number of nitrogens with zero attached hydrogens (tertiary/aromatic N) is 2. The van der Waals surface area contributed by atoms with E-state index in [1.165, 1.54) is 18.2 Å². The summed E-state index contributed by atoms with van der Waals surface area (Å²) in [6.45, 7) is 1.77. The molecule has 0 spiro atoms. The Hall–Kier alpha value is -2.60. The first-order valence-corrected chi connectivity index (χ1v) is 7.28. The van der Waals surface area contributed by atoms with E-state index in [0.29, 0.717) is 16.3 Å². The minimum atomic E-state index is -0.484. The number of aromatic nitrogens is 3. The summed E-state index contributed by atoms with van der Waals surface area (Å²) in [6, 6.07) is 5.90. The highest BCUT2D eigenvalue weighted by Gasteiger charge is 2.15. The van der Waals surface area contributed by atoms with Gasteiger partial charge in [0.15, 0.2) is 11.6 Å². The summed E-state index contributed by atoms with van der Waals surface area (Å²) < 4.78 is 19.3. The van der Waals surface area contributed by atoms with Crippen LogP contribution in [0, 0.1) is 5.82 Å². The molecule has 0 amide bonds. The van der Waals surface area contributed by atoms with Crippen molar-refractivity contribution in [2.45, 2.75) is 13.0 Å². The van der Waals surface area contributed by atoms with E-state index in [0.717, 1.165) is 11.1 Å². The van der Waals surface area contributed by atoms with Gasteiger partial charge < -0.3 is 10.5 Å². The Bertz CT molecular complexity index is 823. The highest BCUT2D eigenvalue weighted by molar-refractivity contribution is 6.31. The predicted molar refractivity (Wildman–Crippen MR) is 86.7 cm³/mol. The fourth-order valence-corrected chi connectivity index (χ4v) is 2.47. The van der Waals surface area contributed by atoms with Gasteiger partial charge in [0, 0.05) is 34.1 Å². The number of halogens is 2. The number of nitrogens with two attached hydrogens (primary N) is 1. The average molecular weight is 333 g/mol. The van der Waals surface area contributed by atoms with Crippen molar-refractivity contribution in [2.75, 3.05) is 5.73 Å². The minimum absolute atomic E-state index is 0.247. The molecular weight excluding hydrogens is 319 g/mol. The van der Waals surface area contributed by atoms with E-state index in [9.17, 15) is 4.39 Å². The van der Waals surface area contributed by atoms with Crippen LogP contribution in [0.4, 0.5) is 10.2 Å². The topological polar surface area (TPSA) is 76.8 Å². The molecule has 7 heteroatoms. The molecule has 3 aromatic rings. The van der Waals surface area contributed by atoms with Crippen LogP contribution in [0.5, 0.6) is 5.75 Å². The summed E-state index contributed by atoms with van der Waals surface area (Å²) in [5.41, 5.74) is 8.08. The fraction of sp³-hybridized carbons (Fsp3) is 0.125. The van der Waals surface area contributed by atoms with Crippen LogP contribution in [0.15, 0.2) is 42.9 Å². The van der Waals surface area contributed by atoms with E-state index in [1.54, 1.807) is 31.6 Å². The van der Waals surface area contributed by atoms with Crippen molar-refractivity contribution in [3.8, 4) is 16.9 Å². The van der Waals surface area contributed by atoms with Gasteiger partial charge in [0.25, 0.3) is 0 Å². The Morgan fingerprint density at radius 2 is 2.09 bits per heavy atom. The number of rotatable bonds is 4. The van der Waals surface area contributed by atoms with E-state index >= 15 is 0 Å². The molecule has 118 valence electrons. The molecule has 5 nitrogen and oxygen atoms in total. The molecule has 2 aromatic heterocycles. The number of hydrogen-bond donors (Lipinski definition) is 2. The van der Waals surface area contributed by atoms with Crippen LogP contribution >= 0.6 is 11.6 Å². The molecule has 0 bridgehead atoms.